The summed E-state index contributed by atoms with van der Waals surface area (Å²) in [5, 5.41) is 14.2. The summed E-state index contributed by atoms with van der Waals surface area (Å²) in [6, 6.07) is 11.4. The largest absolute Gasteiger partial charge is 0.508 e. The van der Waals surface area contributed by atoms with Gasteiger partial charge in [0.15, 0.2) is 0 Å². The van der Waals surface area contributed by atoms with E-state index in [9.17, 15) is 5.11 Å². The van der Waals surface area contributed by atoms with Gasteiger partial charge in [-0.3, -0.25) is 0 Å². The molecule has 2 aromatic carbocycles. The average Bonchev–Trinajstić information content (AvgIpc) is 2.41. The highest BCUT2D eigenvalue weighted by molar-refractivity contribution is 6.34. The van der Waals surface area contributed by atoms with Crippen molar-refractivity contribution in [2.45, 2.75) is 19.9 Å². The zero-order valence-corrected chi connectivity index (χ0v) is 13.6. The van der Waals surface area contributed by atoms with E-state index in [4.69, 9.17) is 11.6 Å². The molecule has 0 amide bonds. The minimum absolute atomic E-state index is 0.0259. The van der Waals surface area contributed by atoms with Gasteiger partial charge in [-0.05, 0) is 32.0 Å². The van der Waals surface area contributed by atoms with E-state index in [1.54, 1.807) is 6.07 Å². The highest BCUT2D eigenvalue weighted by atomic mass is 35.5. The Balaban J connectivity index is 2.34. The number of hydrogen-bond donors (Lipinski definition) is 2. The molecule has 0 heterocycles. The molecule has 0 aliphatic carbocycles. The maximum Gasteiger partial charge on any atom is 0.120 e. The maximum absolute atomic E-state index is 10.0. The van der Waals surface area contributed by atoms with Crippen molar-refractivity contribution in [3.8, 4) is 5.75 Å². The Hall–Kier alpha value is -1.87. The van der Waals surface area contributed by atoms with Gasteiger partial charge in [-0.25, -0.2) is 0 Å². The molecule has 0 saturated heterocycles. The van der Waals surface area contributed by atoms with Crippen LogP contribution in [0.15, 0.2) is 36.4 Å². The summed E-state index contributed by atoms with van der Waals surface area (Å²) in [6.45, 7) is 4.04. The van der Waals surface area contributed by atoms with Crippen LogP contribution in [0.2, 0.25) is 5.02 Å². The lowest BCUT2D eigenvalue weighted by molar-refractivity contribution is 0.465. The fourth-order valence-corrected chi connectivity index (χ4v) is 2.76. The SMILES string of the molecule is Cc1ccc(O)c(C(C)Nc2cccc(Cl)c2N(C)C)c1. The molecule has 4 heteroatoms. The van der Waals surface area contributed by atoms with Gasteiger partial charge in [0.05, 0.1) is 22.4 Å². The number of anilines is 2. The molecule has 0 saturated carbocycles. The third-order valence-electron chi connectivity index (χ3n) is 3.46. The third kappa shape index (κ3) is 3.42. The first-order valence-corrected chi connectivity index (χ1v) is 7.30. The number of para-hydroxylation sites is 1. The fourth-order valence-electron chi connectivity index (χ4n) is 2.42. The lowest BCUT2D eigenvalue weighted by Crippen LogP contribution is -2.14. The molecule has 0 fully saturated rings. The summed E-state index contributed by atoms with van der Waals surface area (Å²) in [6.07, 6.45) is 0. The zero-order valence-electron chi connectivity index (χ0n) is 12.8. The molecule has 2 aromatic rings. The zero-order chi connectivity index (χ0) is 15.6. The van der Waals surface area contributed by atoms with Crippen molar-refractivity contribution in [3.63, 3.8) is 0 Å². The number of benzene rings is 2. The van der Waals surface area contributed by atoms with Crippen molar-refractivity contribution in [3.05, 3.63) is 52.5 Å². The molecule has 3 nitrogen and oxygen atoms in total. The lowest BCUT2D eigenvalue weighted by Gasteiger charge is -2.23. The minimum atomic E-state index is -0.0259. The smallest absolute Gasteiger partial charge is 0.120 e. The van der Waals surface area contributed by atoms with Crippen LogP contribution < -0.4 is 10.2 Å². The first-order chi connectivity index (χ1) is 9.90. The van der Waals surface area contributed by atoms with Gasteiger partial charge in [0, 0.05) is 19.7 Å². The number of nitrogens with one attached hydrogen (secondary N) is 1. The predicted octanol–water partition coefficient (Wildman–Crippen LogP) is 4.59. The Morgan fingerprint density at radius 1 is 1.19 bits per heavy atom. The van der Waals surface area contributed by atoms with Gasteiger partial charge in [0.1, 0.15) is 5.75 Å². The molecular formula is C17H21ClN2O. The maximum atomic E-state index is 10.0. The molecule has 0 spiro atoms. The van der Waals surface area contributed by atoms with Crippen LogP contribution in [0.1, 0.15) is 24.1 Å². The summed E-state index contributed by atoms with van der Waals surface area (Å²) >= 11 is 6.28. The van der Waals surface area contributed by atoms with Gasteiger partial charge in [-0.1, -0.05) is 35.4 Å². The summed E-state index contributed by atoms with van der Waals surface area (Å²) < 4.78 is 0. The molecule has 112 valence electrons. The Labute approximate surface area is 131 Å². The number of phenolic OH excluding ortho intramolecular Hbond substituents is 1. The number of hydrogen-bond acceptors (Lipinski definition) is 3. The van der Waals surface area contributed by atoms with E-state index in [1.165, 1.54) is 0 Å². The fraction of sp³-hybridized carbons (Fsp3) is 0.294. The Morgan fingerprint density at radius 3 is 2.57 bits per heavy atom. The van der Waals surface area contributed by atoms with Crippen molar-refractivity contribution in [2.24, 2.45) is 0 Å². The van der Waals surface area contributed by atoms with Crippen LogP contribution in [0, 0.1) is 6.92 Å². The lowest BCUT2D eigenvalue weighted by atomic mass is 10.0. The van der Waals surface area contributed by atoms with Crippen molar-refractivity contribution >= 4 is 23.0 Å². The van der Waals surface area contributed by atoms with Crippen LogP contribution in [0.5, 0.6) is 5.75 Å². The molecule has 1 atom stereocenters. The first kappa shape index (κ1) is 15.5. The summed E-state index contributed by atoms with van der Waals surface area (Å²) in [5.74, 6) is 0.300. The van der Waals surface area contributed by atoms with Crippen LogP contribution in [-0.4, -0.2) is 19.2 Å². The molecule has 21 heavy (non-hydrogen) atoms. The van der Waals surface area contributed by atoms with E-state index in [0.29, 0.717) is 10.8 Å². The summed E-state index contributed by atoms with van der Waals surface area (Å²) in [7, 11) is 3.92. The molecule has 2 rings (SSSR count). The van der Waals surface area contributed by atoms with Crippen molar-refractivity contribution in [1.82, 2.24) is 0 Å². The molecule has 0 radical (unpaired) electrons. The van der Waals surface area contributed by atoms with Crippen molar-refractivity contribution in [2.75, 3.05) is 24.3 Å². The van der Waals surface area contributed by atoms with Gasteiger partial charge in [0.25, 0.3) is 0 Å². The molecule has 1 unspecified atom stereocenters. The van der Waals surface area contributed by atoms with E-state index < -0.39 is 0 Å². The number of nitrogens with zero attached hydrogens (tertiary/aromatic N) is 1. The minimum Gasteiger partial charge on any atom is -0.508 e. The Kier molecular flexibility index (Phi) is 4.63. The number of phenols is 1. The number of aromatic hydroxyl groups is 1. The normalized spacial score (nSPS) is 12.0. The highest BCUT2D eigenvalue weighted by Crippen LogP contribution is 2.36. The number of halogens is 1. The van der Waals surface area contributed by atoms with Crippen LogP contribution >= 0.6 is 11.6 Å². The van der Waals surface area contributed by atoms with E-state index in [0.717, 1.165) is 22.5 Å². The molecule has 2 N–H and O–H groups in total. The highest BCUT2D eigenvalue weighted by Gasteiger charge is 2.14. The number of aryl methyl sites for hydroxylation is 1. The second kappa shape index (κ2) is 6.27. The quantitative estimate of drug-likeness (QED) is 0.867. The second-order valence-electron chi connectivity index (χ2n) is 5.46. The summed E-state index contributed by atoms with van der Waals surface area (Å²) in [4.78, 5) is 1.98. The molecule has 0 aliphatic heterocycles. The van der Waals surface area contributed by atoms with Crippen LogP contribution in [0.4, 0.5) is 11.4 Å². The number of rotatable bonds is 4. The molecule has 0 bridgehead atoms. The summed E-state index contributed by atoms with van der Waals surface area (Å²) in [5.41, 5.74) is 3.88. The van der Waals surface area contributed by atoms with Crippen LogP contribution in [-0.2, 0) is 0 Å². The van der Waals surface area contributed by atoms with Gasteiger partial charge in [-0.15, -0.1) is 0 Å². The predicted molar refractivity (Wildman–Crippen MR) is 90.7 cm³/mol. The monoisotopic (exact) mass is 304 g/mol. The van der Waals surface area contributed by atoms with E-state index in [1.807, 2.05) is 63.2 Å². The standard InChI is InChI=1S/C17H21ClN2O/c1-11-8-9-16(21)13(10-11)12(2)19-15-7-5-6-14(18)17(15)20(3)4/h5-10,12,19,21H,1-4H3. The van der Waals surface area contributed by atoms with Gasteiger partial charge < -0.3 is 15.3 Å². The Bertz CT molecular complexity index is 641. The molecule has 0 aliphatic rings. The van der Waals surface area contributed by atoms with Gasteiger partial charge in [0.2, 0.25) is 0 Å². The Morgan fingerprint density at radius 2 is 1.90 bits per heavy atom. The topological polar surface area (TPSA) is 35.5 Å². The molecule has 0 aromatic heterocycles. The van der Waals surface area contributed by atoms with Crippen molar-refractivity contribution < 1.29 is 5.11 Å². The van der Waals surface area contributed by atoms with Gasteiger partial charge in [-0.2, -0.15) is 0 Å². The van der Waals surface area contributed by atoms with Crippen LogP contribution in [0.25, 0.3) is 0 Å². The average molecular weight is 305 g/mol. The van der Waals surface area contributed by atoms with Gasteiger partial charge >= 0.3 is 0 Å². The molecular weight excluding hydrogens is 284 g/mol. The van der Waals surface area contributed by atoms with E-state index >= 15 is 0 Å². The first-order valence-electron chi connectivity index (χ1n) is 6.92. The van der Waals surface area contributed by atoms with E-state index in [-0.39, 0.29) is 6.04 Å². The second-order valence-corrected chi connectivity index (χ2v) is 5.87. The van der Waals surface area contributed by atoms with Crippen LogP contribution in [0.3, 0.4) is 0 Å². The van der Waals surface area contributed by atoms with Crippen molar-refractivity contribution in [1.29, 1.82) is 0 Å². The third-order valence-corrected chi connectivity index (χ3v) is 3.76. The van der Waals surface area contributed by atoms with E-state index in [2.05, 4.69) is 5.32 Å².